The molecule has 2 aromatic rings. The number of likely N-dealkylation sites (tertiary alicyclic amines) is 2. The Morgan fingerprint density at radius 2 is 1.98 bits per heavy atom. The molecule has 15 heteroatoms. The molecule has 2 bridgehead atoms. The molecule has 9 atom stereocenters. The number of halogens is 3. The largest absolute Gasteiger partial charge is 0.472 e. The number of rotatable bonds is 6. The molecule has 51 heavy (non-hydrogen) atoms. The molecule has 4 fully saturated rings. The lowest BCUT2D eigenvalue weighted by molar-refractivity contribution is -0.148. The molecular formula is C36H41F3N6O6. The van der Waals surface area contributed by atoms with Crippen LogP contribution in [0.25, 0.3) is 0 Å². The van der Waals surface area contributed by atoms with E-state index in [1.165, 1.54) is 16.0 Å². The van der Waals surface area contributed by atoms with E-state index in [9.17, 15) is 28.0 Å². The lowest BCUT2D eigenvalue weighted by Crippen LogP contribution is -2.60. The fraction of sp³-hybridized carbons (Fsp3) is 0.556. The predicted molar refractivity (Wildman–Crippen MR) is 177 cm³/mol. The summed E-state index contributed by atoms with van der Waals surface area (Å²) in [6.07, 6.45) is 2.05. The fourth-order valence-corrected chi connectivity index (χ4v) is 8.91. The van der Waals surface area contributed by atoms with Gasteiger partial charge >= 0.3 is 6.09 Å². The van der Waals surface area contributed by atoms with Gasteiger partial charge < -0.3 is 29.9 Å². The van der Waals surface area contributed by atoms with Gasteiger partial charge in [0.1, 0.15) is 36.5 Å². The van der Waals surface area contributed by atoms with E-state index in [-0.39, 0.29) is 42.7 Å². The van der Waals surface area contributed by atoms with Crippen molar-refractivity contribution in [1.82, 2.24) is 20.1 Å². The molecule has 3 aliphatic heterocycles. The van der Waals surface area contributed by atoms with Crippen LogP contribution in [-0.4, -0.2) is 94.8 Å². The number of carbonyl (C=O) groups excluding carboxylic acids is 4. The van der Waals surface area contributed by atoms with Crippen LogP contribution in [-0.2, 0) is 25.7 Å². The normalized spacial score (nSPS) is 31.4. The fourth-order valence-electron chi connectivity index (χ4n) is 8.91. The number of ether oxygens (including phenoxy) is 2. The summed E-state index contributed by atoms with van der Waals surface area (Å²) in [5, 5.41) is 5.41. The number of anilines is 1. The summed E-state index contributed by atoms with van der Waals surface area (Å²) < 4.78 is 54.5. The van der Waals surface area contributed by atoms with E-state index in [4.69, 9.17) is 9.47 Å². The molecule has 1 aromatic heterocycles. The van der Waals surface area contributed by atoms with E-state index in [1.54, 1.807) is 46.2 Å². The van der Waals surface area contributed by atoms with Crippen molar-refractivity contribution in [2.45, 2.75) is 76.5 Å². The first kappa shape index (κ1) is 34.7. The zero-order chi connectivity index (χ0) is 36.4. The van der Waals surface area contributed by atoms with Crippen LogP contribution in [0.3, 0.4) is 0 Å². The lowest BCUT2D eigenvalue weighted by atomic mass is 9.77. The van der Waals surface area contributed by atoms with Gasteiger partial charge in [-0.05, 0) is 66.2 Å². The topological polar surface area (TPSA) is 143 Å². The standard InChI is InChI=1S/C36H41F3N6O6/c1-35(2,3)29(42-34(49)50-16-18-7-8-20(37)12-24(18)38)32(47)44-15-23-19-10-22(25(39)11-19)27(23)28(44)31(46)45-17-36(13-21(45)14-40-4)33(48)43-30-26(51-36)6-5-9-41-30/h5-9,12,14,19,21-23,25,27-29H,10-11,13,15-17H2,1-4H3,(H,42,49)(H,41,43,48)/t19-,21-,22+,23+,25+,27-,28-,29+,36+/m0/s1. The second kappa shape index (κ2) is 12.8. The Balaban J connectivity index is 1.17. The third-order valence-corrected chi connectivity index (χ3v) is 11.2. The molecule has 5 aliphatic rings. The number of nitrogens with zero attached hydrogens (tertiary/aromatic N) is 4. The molecule has 1 aromatic carbocycles. The van der Waals surface area contributed by atoms with Gasteiger partial charge in [0.05, 0.1) is 12.6 Å². The molecule has 7 rings (SSSR count). The van der Waals surface area contributed by atoms with E-state index in [2.05, 4.69) is 20.6 Å². The molecular weight excluding hydrogens is 669 g/mol. The number of nitrogens with one attached hydrogen (secondary N) is 2. The van der Waals surface area contributed by atoms with Gasteiger partial charge in [-0.2, -0.15) is 0 Å². The average molecular weight is 711 g/mol. The van der Waals surface area contributed by atoms with Crippen molar-refractivity contribution in [3.63, 3.8) is 0 Å². The minimum absolute atomic E-state index is 0.00547. The molecule has 1 spiro atoms. The molecule has 2 N–H and O–H groups in total. The van der Waals surface area contributed by atoms with Crippen molar-refractivity contribution in [2.24, 2.45) is 34.1 Å². The summed E-state index contributed by atoms with van der Waals surface area (Å²) in [6.45, 7) is 4.78. The number of hydrogen-bond donors (Lipinski definition) is 2. The monoisotopic (exact) mass is 710 g/mol. The third-order valence-electron chi connectivity index (χ3n) is 11.2. The first-order chi connectivity index (χ1) is 24.2. The van der Waals surface area contributed by atoms with Gasteiger partial charge in [-0.25, -0.2) is 22.9 Å². The zero-order valence-electron chi connectivity index (χ0n) is 28.8. The van der Waals surface area contributed by atoms with Gasteiger partial charge in [0.2, 0.25) is 17.4 Å². The van der Waals surface area contributed by atoms with Crippen molar-refractivity contribution in [3.05, 3.63) is 53.7 Å². The maximum Gasteiger partial charge on any atom is 0.408 e. The molecule has 272 valence electrons. The minimum Gasteiger partial charge on any atom is -0.472 e. The smallest absolute Gasteiger partial charge is 0.408 e. The number of carbonyl (C=O) groups is 4. The summed E-state index contributed by atoms with van der Waals surface area (Å²) in [4.78, 5) is 67.5. The Bertz CT molecular complexity index is 1790. The number of fused-ring (bicyclic) bond motifs is 6. The van der Waals surface area contributed by atoms with Crippen LogP contribution in [0.15, 0.2) is 41.5 Å². The minimum atomic E-state index is -1.45. The second-order valence-electron chi connectivity index (χ2n) is 15.4. The second-order valence-corrected chi connectivity index (χ2v) is 15.4. The molecule has 4 amide bonds. The van der Waals surface area contributed by atoms with Crippen molar-refractivity contribution in [1.29, 1.82) is 0 Å². The van der Waals surface area contributed by atoms with Crippen LogP contribution in [0, 0.1) is 40.7 Å². The highest BCUT2D eigenvalue weighted by atomic mass is 19.1. The Labute approximate surface area is 293 Å². The van der Waals surface area contributed by atoms with Gasteiger partial charge in [-0.15, -0.1) is 0 Å². The number of aromatic nitrogens is 1. The molecule has 0 radical (unpaired) electrons. The zero-order valence-corrected chi connectivity index (χ0v) is 28.8. The number of hydrogen-bond acceptors (Lipinski definition) is 8. The molecule has 4 heterocycles. The Morgan fingerprint density at radius 3 is 2.71 bits per heavy atom. The van der Waals surface area contributed by atoms with Crippen LogP contribution < -0.4 is 15.4 Å². The summed E-state index contributed by atoms with van der Waals surface area (Å²) in [5.74, 6) is -3.52. The highest BCUT2D eigenvalue weighted by molar-refractivity contribution is 6.02. The molecule has 2 aliphatic carbocycles. The average Bonchev–Trinajstić information content (AvgIpc) is 3.83. The molecule has 2 saturated heterocycles. The summed E-state index contributed by atoms with van der Waals surface area (Å²) in [7, 11) is 1.56. The Morgan fingerprint density at radius 1 is 1.20 bits per heavy atom. The summed E-state index contributed by atoms with van der Waals surface area (Å²) in [6, 6.07) is 3.30. The summed E-state index contributed by atoms with van der Waals surface area (Å²) in [5.41, 5.74) is -2.39. The maximum absolute atomic E-state index is 15.4. The third kappa shape index (κ3) is 6.07. The van der Waals surface area contributed by atoms with E-state index < -0.39 is 89.2 Å². The number of benzene rings is 1. The molecule has 0 unspecified atom stereocenters. The first-order valence-electron chi connectivity index (χ1n) is 17.2. The number of aliphatic imine (C=N–C) groups is 1. The van der Waals surface area contributed by atoms with Crippen molar-refractivity contribution in [3.8, 4) is 5.75 Å². The SMILES string of the molecule is CN=C[C@@H]1C[C@]2(CN1C(=O)[C@@H]1[C@@H]3[C@H](CN1C(=O)[C@@H](NC(=O)OCc1ccc(F)cc1F)C(C)(C)C)[C@H]1C[C@@H]3[C@H](F)C1)Oc1cccnc1NC2=O. The summed E-state index contributed by atoms with van der Waals surface area (Å²) >= 11 is 0. The lowest BCUT2D eigenvalue weighted by Gasteiger charge is -2.39. The van der Waals surface area contributed by atoms with Crippen LogP contribution in [0.1, 0.15) is 45.6 Å². The van der Waals surface area contributed by atoms with Gasteiger partial charge in [0.25, 0.3) is 5.91 Å². The van der Waals surface area contributed by atoms with Crippen LogP contribution in [0.5, 0.6) is 5.75 Å². The van der Waals surface area contributed by atoms with Crippen LogP contribution in [0.4, 0.5) is 23.8 Å². The highest BCUT2D eigenvalue weighted by Crippen LogP contribution is 2.59. The van der Waals surface area contributed by atoms with E-state index >= 15 is 4.39 Å². The highest BCUT2D eigenvalue weighted by Gasteiger charge is 2.65. The van der Waals surface area contributed by atoms with E-state index in [0.717, 1.165) is 12.1 Å². The predicted octanol–water partition coefficient (Wildman–Crippen LogP) is 3.89. The number of amides is 4. The quantitative estimate of drug-likeness (QED) is 0.434. The molecule has 12 nitrogen and oxygen atoms in total. The van der Waals surface area contributed by atoms with Gasteiger partial charge in [-0.3, -0.25) is 19.4 Å². The number of alkyl carbamates (subject to hydrolysis) is 1. The maximum atomic E-state index is 15.4. The number of alkyl halides is 1. The van der Waals surface area contributed by atoms with Crippen molar-refractivity contribution >= 4 is 35.8 Å². The van der Waals surface area contributed by atoms with Crippen molar-refractivity contribution < 1.29 is 41.8 Å². The van der Waals surface area contributed by atoms with Crippen LogP contribution in [0.2, 0.25) is 0 Å². The van der Waals surface area contributed by atoms with Gasteiger partial charge in [0.15, 0.2) is 11.6 Å². The Hall–Kier alpha value is -4.69. The van der Waals surface area contributed by atoms with Crippen LogP contribution >= 0.6 is 0 Å². The van der Waals surface area contributed by atoms with Crippen molar-refractivity contribution in [2.75, 3.05) is 25.5 Å². The van der Waals surface area contributed by atoms with E-state index in [1.807, 2.05) is 0 Å². The van der Waals surface area contributed by atoms with E-state index in [0.29, 0.717) is 24.7 Å². The Kier molecular flexibility index (Phi) is 8.73. The van der Waals surface area contributed by atoms with Gasteiger partial charge in [-0.1, -0.05) is 20.8 Å². The molecule has 2 saturated carbocycles. The number of pyridine rings is 1. The first-order valence-corrected chi connectivity index (χ1v) is 17.2. The van der Waals surface area contributed by atoms with Gasteiger partial charge in [0, 0.05) is 44.1 Å².